The van der Waals surface area contributed by atoms with Crippen LogP contribution >= 0.6 is 12.4 Å². The second-order valence-corrected chi connectivity index (χ2v) is 3.63. The molecule has 0 amide bonds. The molecule has 18 heavy (non-hydrogen) atoms. The van der Waals surface area contributed by atoms with Crippen LogP contribution in [0.1, 0.15) is 18.6 Å². The van der Waals surface area contributed by atoms with E-state index in [-0.39, 0.29) is 24.5 Å². The summed E-state index contributed by atoms with van der Waals surface area (Å²) >= 11 is 0. The number of halogens is 1. The summed E-state index contributed by atoms with van der Waals surface area (Å²) in [4.78, 5) is 14.9. The molecular formula is C12H14ClN3O2. The highest BCUT2D eigenvalue weighted by Crippen LogP contribution is 2.18. The van der Waals surface area contributed by atoms with Crippen LogP contribution in [0.3, 0.4) is 0 Å². The first kappa shape index (κ1) is 14.2. The predicted molar refractivity (Wildman–Crippen MR) is 68.2 cm³/mol. The standard InChI is InChI=1S/C12H13N3O2.ClH/c1-10(16)17-12(7-15-9-13-8-14-15)11-5-3-2-4-6-11;/h2-6,8-9,12H,7H2,1H3;1H. The zero-order valence-electron chi connectivity index (χ0n) is 9.89. The number of rotatable bonds is 4. The topological polar surface area (TPSA) is 57.0 Å². The number of hydrogen-bond acceptors (Lipinski definition) is 4. The quantitative estimate of drug-likeness (QED) is 0.795. The van der Waals surface area contributed by atoms with Crippen molar-refractivity contribution in [2.24, 2.45) is 0 Å². The van der Waals surface area contributed by atoms with E-state index in [0.29, 0.717) is 6.54 Å². The Morgan fingerprint density at radius 1 is 1.39 bits per heavy atom. The summed E-state index contributed by atoms with van der Waals surface area (Å²) in [6, 6.07) is 9.58. The van der Waals surface area contributed by atoms with Gasteiger partial charge in [0.05, 0.1) is 6.54 Å². The molecule has 5 nitrogen and oxygen atoms in total. The van der Waals surface area contributed by atoms with Gasteiger partial charge < -0.3 is 4.74 Å². The van der Waals surface area contributed by atoms with Crippen LogP contribution in [-0.2, 0) is 16.1 Å². The number of ether oxygens (including phenoxy) is 1. The molecule has 1 aromatic carbocycles. The third-order valence-electron chi connectivity index (χ3n) is 2.30. The van der Waals surface area contributed by atoms with E-state index in [1.165, 1.54) is 13.3 Å². The minimum atomic E-state index is -0.338. The molecule has 1 atom stereocenters. The van der Waals surface area contributed by atoms with E-state index < -0.39 is 0 Å². The third kappa shape index (κ3) is 3.85. The van der Waals surface area contributed by atoms with Crippen molar-refractivity contribution in [3.8, 4) is 0 Å². The molecule has 6 heteroatoms. The maximum atomic E-state index is 11.1. The first-order valence-corrected chi connectivity index (χ1v) is 5.30. The molecule has 0 radical (unpaired) electrons. The molecule has 0 spiro atoms. The number of carbonyl (C=O) groups excluding carboxylic acids is 1. The predicted octanol–water partition coefficient (Wildman–Crippen LogP) is 2.00. The van der Waals surface area contributed by atoms with Gasteiger partial charge in [0.2, 0.25) is 0 Å². The van der Waals surface area contributed by atoms with Crippen molar-refractivity contribution in [2.45, 2.75) is 19.6 Å². The molecule has 0 aliphatic carbocycles. The van der Waals surface area contributed by atoms with Gasteiger partial charge in [0.15, 0.2) is 0 Å². The number of aromatic nitrogens is 3. The van der Waals surface area contributed by atoms with Gasteiger partial charge in [0.25, 0.3) is 0 Å². The fraction of sp³-hybridized carbons (Fsp3) is 0.250. The number of esters is 1. The van der Waals surface area contributed by atoms with Crippen LogP contribution in [0.4, 0.5) is 0 Å². The van der Waals surface area contributed by atoms with Crippen molar-refractivity contribution in [3.63, 3.8) is 0 Å². The SMILES string of the molecule is CC(=O)OC(Cn1cncn1)c1ccccc1.Cl. The number of hydrogen-bond donors (Lipinski definition) is 0. The molecule has 2 rings (SSSR count). The van der Waals surface area contributed by atoms with Crippen LogP contribution in [0.15, 0.2) is 43.0 Å². The lowest BCUT2D eigenvalue weighted by Gasteiger charge is -2.17. The van der Waals surface area contributed by atoms with Crippen molar-refractivity contribution in [1.82, 2.24) is 14.8 Å². The van der Waals surface area contributed by atoms with Gasteiger partial charge in [-0.2, -0.15) is 5.10 Å². The van der Waals surface area contributed by atoms with Crippen LogP contribution in [0.2, 0.25) is 0 Å². The summed E-state index contributed by atoms with van der Waals surface area (Å²) in [5, 5.41) is 4.00. The van der Waals surface area contributed by atoms with Gasteiger partial charge in [0, 0.05) is 6.92 Å². The van der Waals surface area contributed by atoms with E-state index in [1.54, 1.807) is 11.0 Å². The van der Waals surface area contributed by atoms with Gasteiger partial charge in [0.1, 0.15) is 18.8 Å². The molecule has 0 saturated heterocycles. The molecule has 0 fully saturated rings. The largest absolute Gasteiger partial charge is 0.456 e. The van der Waals surface area contributed by atoms with E-state index >= 15 is 0 Å². The Kier molecular flexibility index (Phi) is 5.32. The molecule has 96 valence electrons. The van der Waals surface area contributed by atoms with E-state index in [2.05, 4.69) is 10.1 Å². The highest BCUT2D eigenvalue weighted by Gasteiger charge is 2.15. The monoisotopic (exact) mass is 267 g/mol. The number of benzene rings is 1. The van der Waals surface area contributed by atoms with Crippen molar-refractivity contribution >= 4 is 18.4 Å². The number of nitrogens with zero attached hydrogens (tertiary/aromatic N) is 3. The summed E-state index contributed by atoms with van der Waals surface area (Å²) in [5.41, 5.74) is 0.943. The molecule has 2 aromatic rings. The van der Waals surface area contributed by atoms with E-state index in [0.717, 1.165) is 5.56 Å². The van der Waals surface area contributed by atoms with Crippen molar-refractivity contribution in [2.75, 3.05) is 0 Å². The van der Waals surface area contributed by atoms with Crippen LogP contribution in [-0.4, -0.2) is 20.7 Å². The van der Waals surface area contributed by atoms with E-state index in [9.17, 15) is 4.79 Å². The lowest BCUT2D eigenvalue weighted by Crippen LogP contribution is -2.15. The van der Waals surface area contributed by atoms with Gasteiger partial charge in [-0.25, -0.2) is 9.67 Å². The summed E-state index contributed by atoms with van der Waals surface area (Å²) < 4.78 is 6.92. The molecule has 0 saturated carbocycles. The van der Waals surface area contributed by atoms with E-state index in [1.807, 2.05) is 30.3 Å². The molecule has 0 aliphatic rings. The fourth-order valence-corrected chi connectivity index (χ4v) is 1.58. The zero-order chi connectivity index (χ0) is 12.1. The molecule has 0 N–H and O–H groups in total. The summed E-state index contributed by atoms with van der Waals surface area (Å²) in [6.07, 6.45) is 2.71. The molecule has 1 heterocycles. The highest BCUT2D eigenvalue weighted by atomic mass is 35.5. The zero-order valence-corrected chi connectivity index (χ0v) is 10.7. The normalized spacial score (nSPS) is 11.4. The third-order valence-corrected chi connectivity index (χ3v) is 2.30. The average molecular weight is 268 g/mol. The van der Waals surface area contributed by atoms with E-state index in [4.69, 9.17) is 4.74 Å². The Morgan fingerprint density at radius 3 is 2.67 bits per heavy atom. The molecule has 1 unspecified atom stereocenters. The van der Waals surface area contributed by atoms with Crippen LogP contribution < -0.4 is 0 Å². The van der Waals surface area contributed by atoms with Gasteiger partial charge in [-0.3, -0.25) is 4.79 Å². The first-order chi connectivity index (χ1) is 8.25. The molecule has 0 aliphatic heterocycles. The van der Waals surface area contributed by atoms with Gasteiger partial charge in [-0.15, -0.1) is 12.4 Å². The smallest absolute Gasteiger partial charge is 0.303 e. The van der Waals surface area contributed by atoms with Crippen molar-refractivity contribution < 1.29 is 9.53 Å². The minimum Gasteiger partial charge on any atom is -0.456 e. The van der Waals surface area contributed by atoms with Crippen LogP contribution in [0.5, 0.6) is 0 Å². The van der Waals surface area contributed by atoms with Gasteiger partial charge in [-0.05, 0) is 5.56 Å². The van der Waals surface area contributed by atoms with Gasteiger partial charge in [-0.1, -0.05) is 30.3 Å². The van der Waals surface area contributed by atoms with Crippen molar-refractivity contribution in [3.05, 3.63) is 48.5 Å². The lowest BCUT2D eigenvalue weighted by atomic mass is 10.1. The lowest BCUT2D eigenvalue weighted by molar-refractivity contribution is -0.147. The average Bonchev–Trinajstić information content (AvgIpc) is 2.82. The first-order valence-electron chi connectivity index (χ1n) is 5.30. The summed E-state index contributed by atoms with van der Waals surface area (Å²) in [6.45, 7) is 1.86. The van der Waals surface area contributed by atoms with Gasteiger partial charge >= 0.3 is 5.97 Å². The minimum absolute atomic E-state index is 0. The molecule has 1 aromatic heterocycles. The summed E-state index contributed by atoms with van der Waals surface area (Å²) in [5.74, 6) is -0.307. The maximum Gasteiger partial charge on any atom is 0.303 e. The Bertz CT molecular complexity index is 473. The molecule has 0 bridgehead atoms. The van der Waals surface area contributed by atoms with Crippen LogP contribution in [0, 0.1) is 0 Å². The van der Waals surface area contributed by atoms with Crippen LogP contribution in [0.25, 0.3) is 0 Å². The second-order valence-electron chi connectivity index (χ2n) is 3.63. The Balaban J connectivity index is 0.00000162. The highest BCUT2D eigenvalue weighted by molar-refractivity contribution is 5.85. The Labute approximate surface area is 111 Å². The maximum absolute atomic E-state index is 11.1. The number of carbonyl (C=O) groups is 1. The fourth-order valence-electron chi connectivity index (χ4n) is 1.58. The summed E-state index contributed by atoms with van der Waals surface area (Å²) in [7, 11) is 0. The molecular weight excluding hydrogens is 254 g/mol. The van der Waals surface area contributed by atoms with Crippen molar-refractivity contribution in [1.29, 1.82) is 0 Å². The Hall–Kier alpha value is -1.88. The Morgan fingerprint density at radius 2 is 2.11 bits per heavy atom. The second kappa shape index (κ2) is 6.76.